The monoisotopic (exact) mass is 427 g/mol. The summed E-state index contributed by atoms with van der Waals surface area (Å²) in [5, 5.41) is 23.1. The molecular formula is C22H19Cl2N3O2. The smallest absolute Gasteiger partial charge is 0.252 e. The molecule has 0 aliphatic carbocycles. The number of nitrogens with one attached hydrogen (secondary N) is 1. The molecule has 7 heteroatoms. The van der Waals surface area contributed by atoms with Gasteiger partial charge in [-0.15, -0.1) is 0 Å². The van der Waals surface area contributed by atoms with Crippen LogP contribution in [0.15, 0.2) is 66.1 Å². The number of nitriles is 1. The zero-order valence-electron chi connectivity index (χ0n) is 15.6. The number of halogens is 2. The lowest BCUT2D eigenvalue weighted by Crippen LogP contribution is -2.29. The zero-order valence-corrected chi connectivity index (χ0v) is 17.1. The minimum atomic E-state index is -0.325. The van der Waals surface area contributed by atoms with Crippen molar-refractivity contribution in [3.63, 3.8) is 0 Å². The van der Waals surface area contributed by atoms with E-state index in [0.717, 1.165) is 24.1 Å². The Kier molecular flexibility index (Phi) is 6.48. The van der Waals surface area contributed by atoms with E-state index < -0.39 is 0 Å². The Hall–Kier alpha value is -2.94. The predicted molar refractivity (Wildman–Crippen MR) is 115 cm³/mol. The van der Waals surface area contributed by atoms with Gasteiger partial charge in [0.2, 0.25) is 0 Å². The molecule has 1 aliphatic rings. The lowest BCUT2D eigenvalue weighted by Gasteiger charge is -2.19. The summed E-state index contributed by atoms with van der Waals surface area (Å²) in [6.45, 7) is 4.54. The third-order valence-corrected chi connectivity index (χ3v) is 5.43. The highest BCUT2D eigenvalue weighted by Crippen LogP contribution is 2.30. The maximum atomic E-state index is 12.5. The number of benzene rings is 2. The van der Waals surface area contributed by atoms with E-state index in [1.54, 1.807) is 35.2 Å². The van der Waals surface area contributed by atoms with Crippen molar-refractivity contribution in [3.05, 3.63) is 87.2 Å². The van der Waals surface area contributed by atoms with Crippen molar-refractivity contribution in [2.75, 3.05) is 18.0 Å². The maximum Gasteiger partial charge on any atom is 0.252 e. The van der Waals surface area contributed by atoms with Gasteiger partial charge >= 0.3 is 0 Å². The van der Waals surface area contributed by atoms with Crippen LogP contribution in [0.5, 0.6) is 0 Å². The summed E-state index contributed by atoms with van der Waals surface area (Å²) < 4.78 is 0. The molecule has 29 heavy (non-hydrogen) atoms. The third-order valence-electron chi connectivity index (χ3n) is 4.70. The van der Waals surface area contributed by atoms with Crippen LogP contribution in [-0.2, 0) is 11.2 Å². The second kappa shape index (κ2) is 9.04. The van der Waals surface area contributed by atoms with Crippen molar-refractivity contribution in [2.45, 2.75) is 12.8 Å². The largest absolute Gasteiger partial charge is 0.505 e. The standard InChI is InChI=1S/C22H19Cl2N3O2/c1-14-21(28)18(13-27(14)17-7-4-16(12-25)5-8-17)22(29)26-10-2-3-15-6-9-19(23)20(24)11-15/h4-9,11,28H,1-3,10,13H2,(H,26,29). The van der Waals surface area contributed by atoms with Gasteiger partial charge in [0.05, 0.1) is 39.5 Å². The summed E-state index contributed by atoms with van der Waals surface area (Å²) >= 11 is 11.9. The minimum Gasteiger partial charge on any atom is -0.505 e. The van der Waals surface area contributed by atoms with Crippen LogP contribution in [0.25, 0.3) is 0 Å². The van der Waals surface area contributed by atoms with Gasteiger partial charge in [-0.2, -0.15) is 5.26 Å². The van der Waals surface area contributed by atoms with Crippen LogP contribution >= 0.6 is 23.2 Å². The van der Waals surface area contributed by atoms with E-state index in [1.807, 2.05) is 12.1 Å². The van der Waals surface area contributed by atoms with Gasteiger partial charge in [0, 0.05) is 12.2 Å². The quantitative estimate of drug-likeness (QED) is 0.651. The van der Waals surface area contributed by atoms with Crippen molar-refractivity contribution in [3.8, 4) is 6.07 Å². The molecule has 2 aromatic carbocycles. The molecule has 1 aliphatic heterocycles. The van der Waals surface area contributed by atoms with Crippen molar-refractivity contribution >= 4 is 34.8 Å². The van der Waals surface area contributed by atoms with E-state index >= 15 is 0 Å². The van der Waals surface area contributed by atoms with Crippen LogP contribution in [0.3, 0.4) is 0 Å². The molecule has 0 atom stereocenters. The fourth-order valence-corrected chi connectivity index (χ4v) is 3.39. The molecule has 0 radical (unpaired) electrons. The Morgan fingerprint density at radius 1 is 1.21 bits per heavy atom. The molecule has 0 fully saturated rings. The number of aryl methyl sites for hydroxylation is 1. The normalized spacial score (nSPS) is 13.6. The van der Waals surface area contributed by atoms with Crippen LogP contribution in [0.2, 0.25) is 10.0 Å². The second-order valence-corrected chi connectivity index (χ2v) is 7.44. The number of nitrogens with zero attached hydrogens (tertiary/aromatic N) is 2. The molecule has 0 spiro atoms. The Bertz CT molecular complexity index is 1020. The SMILES string of the molecule is C=C1C(O)=C(C(=O)NCCCc2ccc(Cl)c(Cl)c2)CN1c1ccc(C#N)cc1. The van der Waals surface area contributed by atoms with E-state index in [9.17, 15) is 9.90 Å². The molecule has 0 bridgehead atoms. The number of anilines is 1. The van der Waals surface area contributed by atoms with Crippen molar-refractivity contribution in [2.24, 2.45) is 0 Å². The van der Waals surface area contributed by atoms with Crippen LogP contribution in [0, 0.1) is 11.3 Å². The Morgan fingerprint density at radius 3 is 2.59 bits per heavy atom. The van der Waals surface area contributed by atoms with E-state index in [-0.39, 0.29) is 23.8 Å². The van der Waals surface area contributed by atoms with Gasteiger partial charge in [-0.3, -0.25) is 4.79 Å². The first-order valence-electron chi connectivity index (χ1n) is 9.02. The van der Waals surface area contributed by atoms with Gasteiger partial charge in [-0.05, 0) is 54.8 Å². The number of aliphatic hydroxyl groups is 1. The molecule has 2 N–H and O–H groups in total. The molecule has 0 unspecified atom stereocenters. The molecule has 0 saturated carbocycles. The first-order chi connectivity index (χ1) is 13.9. The average Bonchev–Trinajstić information content (AvgIpc) is 3.03. The van der Waals surface area contributed by atoms with Gasteiger partial charge < -0.3 is 15.3 Å². The van der Waals surface area contributed by atoms with Crippen molar-refractivity contribution in [1.82, 2.24) is 5.32 Å². The van der Waals surface area contributed by atoms with Gasteiger partial charge in [-0.1, -0.05) is 35.8 Å². The fraction of sp³-hybridized carbons (Fsp3) is 0.182. The molecule has 148 valence electrons. The average molecular weight is 428 g/mol. The highest BCUT2D eigenvalue weighted by Gasteiger charge is 2.30. The summed E-state index contributed by atoms with van der Waals surface area (Å²) in [5.41, 5.74) is 2.96. The molecule has 3 rings (SSSR count). The van der Waals surface area contributed by atoms with Gasteiger partial charge in [0.15, 0.2) is 0 Å². The summed E-state index contributed by atoms with van der Waals surface area (Å²) in [5.74, 6) is -0.440. The summed E-state index contributed by atoms with van der Waals surface area (Å²) in [6.07, 6.45) is 1.46. The number of rotatable bonds is 6. The number of carbonyl (C=O) groups is 1. The van der Waals surface area contributed by atoms with E-state index in [1.165, 1.54) is 0 Å². The van der Waals surface area contributed by atoms with Crippen LogP contribution in [0.4, 0.5) is 5.69 Å². The number of aliphatic hydroxyl groups excluding tert-OH is 1. The first-order valence-corrected chi connectivity index (χ1v) is 9.77. The molecule has 5 nitrogen and oxygen atoms in total. The highest BCUT2D eigenvalue weighted by atomic mass is 35.5. The molecule has 1 amide bonds. The van der Waals surface area contributed by atoms with Crippen molar-refractivity contribution < 1.29 is 9.90 Å². The Balaban J connectivity index is 1.55. The topological polar surface area (TPSA) is 76.4 Å². The van der Waals surface area contributed by atoms with Crippen LogP contribution in [0.1, 0.15) is 17.5 Å². The Labute approximate surface area is 179 Å². The highest BCUT2D eigenvalue weighted by molar-refractivity contribution is 6.42. The second-order valence-electron chi connectivity index (χ2n) is 6.63. The predicted octanol–water partition coefficient (Wildman–Crippen LogP) is 4.76. The third kappa shape index (κ3) is 4.73. The van der Waals surface area contributed by atoms with Gasteiger partial charge in [0.1, 0.15) is 5.76 Å². The summed E-state index contributed by atoms with van der Waals surface area (Å²) in [6, 6.07) is 14.4. The molecule has 0 saturated heterocycles. The lowest BCUT2D eigenvalue weighted by atomic mass is 10.1. The maximum absolute atomic E-state index is 12.5. The number of hydrogen-bond donors (Lipinski definition) is 2. The summed E-state index contributed by atoms with van der Waals surface area (Å²) in [7, 11) is 0. The van der Waals surface area contributed by atoms with E-state index in [2.05, 4.69) is 18.0 Å². The molecule has 1 heterocycles. The molecule has 0 aromatic heterocycles. The van der Waals surface area contributed by atoms with E-state index in [4.69, 9.17) is 28.5 Å². The van der Waals surface area contributed by atoms with Gasteiger partial charge in [-0.25, -0.2) is 0 Å². The van der Waals surface area contributed by atoms with Crippen molar-refractivity contribution in [1.29, 1.82) is 5.26 Å². The number of amides is 1. The number of hydrogen-bond acceptors (Lipinski definition) is 4. The Morgan fingerprint density at radius 2 is 1.93 bits per heavy atom. The zero-order chi connectivity index (χ0) is 21.0. The first kappa shape index (κ1) is 20.8. The fourth-order valence-electron chi connectivity index (χ4n) is 3.07. The van der Waals surface area contributed by atoms with Crippen LogP contribution in [-0.4, -0.2) is 24.1 Å². The van der Waals surface area contributed by atoms with Gasteiger partial charge in [0.25, 0.3) is 5.91 Å². The van der Waals surface area contributed by atoms with E-state index in [0.29, 0.717) is 27.9 Å². The minimum absolute atomic E-state index is 0.114. The molecular weight excluding hydrogens is 409 g/mol. The lowest BCUT2D eigenvalue weighted by molar-refractivity contribution is -0.117. The number of carbonyl (C=O) groups excluding carboxylic acids is 1. The summed E-state index contributed by atoms with van der Waals surface area (Å²) in [4.78, 5) is 14.2. The molecule has 2 aromatic rings. The van der Waals surface area contributed by atoms with Crippen LogP contribution < -0.4 is 10.2 Å².